The van der Waals surface area contributed by atoms with Crippen molar-refractivity contribution < 1.29 is 33.3 Å². The molecule has 0 amide bonds. The molecule has 0 spiro atoms. The summed E-state index contributed by atoms with van der Waals surface area (Å²) in [7, 11) is 1.17. The van der Waals surface area contributed by atoms with Crippen LogP contribution in [-0.2, 0) is 14.3 Å². The van der Waals surface area contributed by atoms with Crippen LogP contribution in [0, 0.1) is 6.92 Å². The van der Waals surface area contributed by atoms with Gasteiger partial charge in [0.2, 0.25) is 0 Å². The Labute approximate surface area is 162 Å². The van der Waals surface area contributed by atoms with Crippen molar-refractivity contribution in [2.24, 2.45) is 0 Å². The highest BCUT2D eigenvalue weighted by Gasteiger charge is 2.22. The fourth-order valence-corrected chi connectivity index (χ4v) is 2.22. The van der Waals surface area contributed by atoms with Gasteiger partial charge in [0.05, 0.1) is 7.11 Å². The molecule has 146 valence electrons. The molecule has 0 saturated heterocycles. The van der Waals surface area contributed by atoms with Crippen LogP contribution in [0.4, 0.5) is 4.79 Å². The van der Waals surface area contributed by atoms with Gasteiger partial charge in [0.25, 0.3) is 0 Å². The van der Waals surface area contributed by atoms with E-state index in [2.05, 4.69) is 17.9 Å². The highest BCUT2D eigenvalue weighted by molar-refractivity contribution is 6.01. The van der Waals surface area contributed by atoms with Crippen LogP contribution in [-0.4, -0.2) is 25.2 Å². The monoisotopic (exact) mass is 384 g/mol. The van der Waals surface area contributed by atoms with Gasteiger partial charge in [-0.2, -0.15) is 0 Å². The van der Waals surface area contributed by atoms with Gasteiger partial charge in [-0.3, -0.25) is 0 Å². The summed E-state index contributed by atoms with van der Waals surface area (Å²) < 4.78 is 20.4. The summed E-state index contributed by atoms with van der Waals surface area (Å²) in [6.07, 6.45) is -0.952. The Morgan fingerprint density at radius 3 is 2.00 bits per heavy atom. The number of fused-ring (bicyclic) bond motifs is 1. The number of carbonyl (C=O) groups excluding carboxylic acids is 3. The van der Waals surface area contributed by atoms with Gasteiger partial charge in [-0.05, 0) is 26.8 Å². The average molecular weight is 384 g/mol. The molecule has 7 nitrogen and oxygen atoms in total. The van der Waals surface area contributed by atoms with E-state index in [1.807, 2.05) is 6.92 Å². The van der Waals surface area contributed by atoms with Gasteiger partial charge >= 0.3 is 18.1 Å². The second-order valence-corrected chi connectivity index (χ2v) is 6.15. The second kappa shape index (κ2) is 8.39. The lowest BCUT2D eigenvalue weighted by atomic mass is 10.0. The molecule has 2 aromatic carbocycles. The fourth-order valence-electron chi connectivity index (χ4n) is 2.22. The maximum absolute atomic E-state index is 12.1. The maximum atomic E-state index is 12.1. The number of hydrogen-bond acceptors (Lipinski definition) is 7. The minimum Gasteiger partial charge on any atom is -0.437 e. The van der Waals surface area contributed by atoms with Crippen molar-refractivity contribution in [3.8, 4) is 17.2 Å². The van der Waals surface area contributed by atoms with E-state index >= 15 is 0 Å². The topological polar surface area (TPSA) is 88.1 Å². The molecular formula is C21H20O7. The van der Waals surface area contributed by atoms with Crippen LogP contribution in [0.3, 0.4) is 0 Å². The average Bonchev–Trinajstić information content (AvgIpc) is 2.63. The standard InChI is InChI=1S/C21H20O7/c1-11(2)19(22)26-17-10-16(27-21(24)25-6)15-9-13(5)7-8-14(15)18(17)28-20(23)12(3)4/h7-10H,1,3H2,2,4-6H3. The minimum absolute atomic E-state index is 0.00480. The van der Waals surface area contributed by atoms with Crippen molar-refractivity contribution in [1.29, 1.82) is 0 Å². The molecule has 0 atom stereocenters. The summed E-state index contributed by atoms with van der Waals surface area (Å²) in [6.45, 7) is 11.9. The summed E-state index contributed by atoms with van der Waals surface area (Å²) in [6, 6.07) is 6.44. The molecule has 28 heavy (non-hydrogen) atoms. The third kappa shape index (κ3) is 4.56. The van der Waals surface area contributed by atoms with E-state index in [0.29, 0.717) is 10.8 Å². The molecule has 0 fully saturated rings. The number of esters is 2. The predicted molar refractivity (Wildman–Crippen MR) is 103 cm³/mol. The lowest BCUT2D eigenvalue weighted by molar-refractivity contribution is -0.132. The number of carbonyl (C=O) groups is 3. The maximum Gasteiger partial charge on any atom is 0.513 e. The summed E-state index contributed by atoms with van der Waals surface area (Å²) in [4.78, 5) is 35.8. The van der Waals surface area contributed by atoms with Gasteiger partial charge in [0.1, 0.15) is 5.75 Å². The van der Waals surface area contributed by atoms with Crippen molar-refractivity contribution >= 4 is 28.9 Å². The highest BCUT2D eigenvalue weighted by Crippen LogP contribution is 2.42. The van der Waals surface area contributed by atoms with Gasteiger partial charge in [0.15, 0.2) is 11.5 Å². The molecular weight excluding hydrogens is 364 g/mol. The van der Waals surface area contributed by atoms with Gasteiger partial charge in [-0.1, -0.05) is 30.9 Å². The largest absolute Gasteiger partial charge is 0.513 e. The van der Waals surface area contributed by atoms with Crippen LogP contribution in [0.15, 0.2) is 48.6 Å². The molecule has 7 heteroatoms. The Balaban J connectivity index is 2.76. The first-order valence-corrected chi connectivity index (χ1v) is 8.22. The van der Waals surface area contributed by atoms with E-state index in [-0.39, 0.29) is 28.4 Å². The molecule has 0 aromatic heterocycles. The minimum atomic E-state index is -0.952. The van der Waals surface area contributed by atoms with Crippen LogP contribution >= 0.6 is 0 Å². The Morgan fingerprint density at radius 1 is 0.821 bits per heavy atom. The van der Waals surface area contributed by atoms with E-state index in [9.17, 15) is 14.4 Å². The molecule has 0 unspecified atom stereocenters. The fraction of sp³-hybridized carbons (Fsp3) is 0.190. The highest BCUT2D eigenvalue weighted by atomic mass is 16.7. The van der Waals surface area contributed by atoms with E-state index in [1.165, 1.54) is 27.0 Å². The van der Waals surface area contributed by atoms with E-state index in [0.717, 1.165) is 5.56 Å². The van der Waals surface area contributed by atoms with Gasteiger partial charge in [0, 0.05) is 28.0 Å². The molecule has 0 bridgehead atoms. The molecule has 2 aromatic rings. The lowest BCUT2D eigenvalue weighted by Gasteiger charge is -2.16. The van der Waals surface area contributed by atoms with Crippen molar-refractivity contribution in [2.75, 3.05) is 7.11 Å². The first-order chi connectivity index (χ1) is 13.1. The number of benzene rings is 2. The normalized spacial score (nSPS) is 10.1. The van der Waals surface area contributed by atoms with Crippen molar-refractivity contribution in [3.63, 3.8) is 0 Å². The second-order valence-electron chi connectivity index (χ2n) is 6.15. The van der Waals surface area contributed by atoms with Gasteiger partial charge < -0.3 is 18.9 Å². The third-order valence-electron chi connectivity index (χ3n) is 3.63. The molecule has 0 radical (unpaired) electrons. The van der Waals surface area contributed by atoms with E-state index < -0.39 is 18.1 Å². The zero-order chi connectivity index (χ0) is 21.0. The summed E-state index contributed by atoms with van der Waals surface area (Å²) >= 11 is 0. The number of hydrogen-bond donors (Lipinski definition) is 0. The molecule has 0 heterocycles. The van der Waals surface area contributed by atoms with Crippen LogP contribution in [0.2, 0.25) is 0 Å². The summed E-state index contributed by atoms with van der Waals surface area (Å²) in [5, 5.41) is 0.858. The number of ether oxygens (including phenoxy) is 4. The molecule has 0 N–H and O–H groups in total. The quantitative estimate of drug-likeness (QED) is 0.329. The summed E-state index contributed by atoms with van der Waals surface area (Å²) in [5.74, 6) is -1.47. The Bertz CT molecular complexity index is 1000. The van der Waals surface area contributed by atoms with Crippen molar-refractivity contribution in [2.45, 2.75) is 20.8 Å². The molecule has 0 aliphatic carbocycles. The number of aryl methyl sites for hydroxylation is 1. The zero-order valence-electron chi connectivity index (χ0n) is 16.1. The van der Waals surface area contributed by atoms with Crippen molar-refractivity contribution in [3.05, 3.63) is 54.1 Å². The van der Waals surface area contributed by atoms with E-state index in [1.54, 1.807) is 18.2 Å². The van der Waals surface area contributed by atoms with Gasteiger partial charge in [-0.15, -0.1) is 0 Å². The first kappa shape index (κ1) is 20.7. The SMILES string of the molecule is C=C(C)C(=O)Oc1cc(OC(=O)OC)c2cc(C)ccc2c1OC(=O)C(=C)C. The number of methoxy groups -OCH3 is 1. The van der Waals surface area contributed by atoms with Crippen LogP contribution in [0.25, 0.3) is 10.8 Å². The molecule has 0 aliphatic rings. The molecule has 0 saturated carbocycles. The molecule has 0 aliphatic heterocycles. The smallest absolute Gasteiger partial charge is 0.437 e. The zero-order valence-corrected chi connectivity index (χ0v) is 16.1. The van der Waals surface area contributed by atoms with Crippen LogP contribution < -0.4 is 14.2 Å². The summed E-state index contributed by atoms with van der Waals surface area (Å²) in [5.41, 5.74) is 1.16. The van der Waals surface area contributed by atoms with E-state index in [4.69, 9.17) is 14.2 Å². The van der Waals surface area contributed by atoms with Crippen LogP contribution in [0.1, 0.15) is 19.4 Å². The lowest BCUT2D eigenvalue weighted by Crippen LogP contribution is -2.14. The Kier molecular flexibility index (Phi) is 6.20. The first-order valence-electron chi connectivity index (χ1n) is 8.22. The predicted octanol–water partition coefficient (Wildman–Crippen LogP) is 4.26. The Hall–Kier alpha value is -3.61. The molecule has 2 rings (SSSR count). The van der Waals surface area contributed by atoms with Crippen LogP contribution in [0.5, 0.6) is 17.2 Å². The number of rotatable bonds is 5. The Morgan fingerprint density at radius 2 is 1.43 bits per heavy atom. The third-order valence-corrected chi connectivity index (χ3v) is 3.63. The van der Waals surface area contributed by atoms with Crippen molar-refractivity contribution in [1.82, 2.24) is 0 Å². The van der Waals surface area contributed by atoms with Gasteiger partial charge in [-0.25, -0.2) is 14.4 Å².